The van der Waals surface area contributed by atoms with Gasteiger partial charge in [-0.2, -0.15) is 0 Å². The quantitative estimate of drug-likeness (QED) is 0.0930. The average Bonchev–Trinajstić information content (AvgIpc) is 3.54. The van der Waals surface area contributed by atoms with Gasteiger partial charge >= 0.3 is 0 Å². The molecule has 0 saturated heterocycles. The number of fused-ring (bicyclic) bond motifs is 2. The number of carbonyl (C=O) groups is 2. The maximum Gasteiger partial charge on any atom is 0.259 e. The van der Waals surface area contributed by atoms with Gasteiger partial charge in [0.25, 0.3) is 11.8 Å². The Morgan fingerprint density at radius 3 is 2.02 bits per heavy atom. The summed E-state index contributed by atoms with van der Waals surface area (Å²) in [5.74, 6) is 2.01. The number of phenols is 1. The molecule has 0 saturated carbocycles. The van der Waals surface area contributed by atoms with E-state index in [1.165, 1.54) is 0 Å². The van der Waals surface area contributed by atoms with Crippen molar-refractivity contribution in [1.29, 1.82) is 0 Å². The highest BCUT2D eigenvalue weighted by molar-refractivity contribution is 9.10. The number of ether oxygens (including phenoxy) is 5. The molecule has 230 valence electrons. The lowest BCUT2D eigenvalue weighted by Crippen LogP contribution is -2.19. The van der Waals surface area contributed by atoms with E-state index in [9.17, 15) is 14.7 Å². The number of carbonyl (C=O) groups excluding carboxylic acids is 2. The van der Waals surface area contributed by atoms with Crippen molar-refractivity contribution in [3.8, 4) is 39.2 Å². The van der Waals surface area contributed by atoms with E-state index in [-0.39, 0.29) is 5.75 Å². The van der Waals surface area contributed by atoms with E-state index >= 15 is 0 Å². The number of thiophene rings is 1. The van der Waals surface area contributed by atoms with E-state index in [0.29, 0.717) is 68.0 Å². The van der Waals surface area contributed by atoms with Crippen molar-refractivity contribution in [2.45, 2.75) is 0 Å². The van der Waals surface area contributed by atoms with Crippen LogP contribution in [0.2, 0.25) is 0 Å². The maximum absolute atomic E-state index is 11.8. The summed E-state index contributed by atoms with van der Waals surface area (Å²) < 4.78 is 30.8. The molecule has 9 nitrogen and oxygen atoms in total. The van der Waals surface area contributed by atoms with Crippen molar-refractivity contribution < 1.29 is 38.4 Å². The van der Waals surface area contributed by atoms with Gasteiger partial charge in [-0.15, -0.1) is 11.3 Å². The van der Waals surface area contributed by atoms with Crippen LogP contribution in [0.15, 0.2) is 89.4 Å². The molecule has 1 aliphatic heterocycles. The third-order valence-electron chi connectivity index (χ3n) is 6.85. The Hall–Kier alpha value is -4.42. The first-order valence-electron chi connectivity index (χ1n) is 14.1. The van der Waals surface area contributed by atoms with Gasteiger partial charge in [0.05, 0.1) is 42.4 Å². The molecular formula is C34H28BrNO8S. The molecule has 0 radical (unpaired) electrons. The number of benzene rings is 4. The molecular weight excluding hydrogens is 662 g/mol. The monoisotopic (exact) mass is 689 g/mol. The van der Waals surface area contributed by atoms with Crippen LogP contribution in [0.1, 0.15) is 20.7 Å². The Morgan fingerprint density at radius 2 is 1.29 bits per heavy atom. The SMILES string of the molecule is O=C1NC(=O)c2cc(OCCOCCOCCOc3ccc(Oc4c(-c5ccc(Br)cc5)sc5cc(O)ccc45)cc3)ccc21. The smallest absolute Gasteiger partial charge is 0.259 e. The van der Waals surface area contributed by atoms with E-state index < -0.39 is 11.8 Å². The first kappa shape index (κ1) is 30.6. The van der Waals surface area contributed by atoms with E-state index in [1.54, 1.807) is 41.7 Å². The van der Waals surface area contributed by atoms with Gasteiger partial charge in [0.15, 0.2) is 5.75 Å². The van der Waals surface area contributed by atoms with Crippen molar-refractivity contribution in [1.82, 2.24) is 5.32 Å². The summed E-state index contributed by atoms with van der Waals surface area (Å²) in [6.07, 6.45) is 0. The van der Waals surface area contributed by atoms with E-state index in [1.807, 2.05) is 54.6 Å². The summed E-state index contributed by atoms with van der Waals surface area (Å²) in [7, 11) is 0. The highest BCUT2D eigenvalue weighted by atomic mass is 79.9. The Labute approximate surface area is 271 Å². The fourth-order valence-electron chi connectivity index (χ4n) is 4.67. The zero-order valence-electron chi connectivity index (χ0n) is 23.9. The molecule has 11 heteroatoms. The third-order valence-corrected chi connectivity index (χ3v) is 8.56. The van der Waals surface area contributed by atoms with Crippen molar-refractivity contribution in [3.63, 3.8) is 0 Å². The summed E-state index contributed by atoms with van der Waals surface area (Å²) in [5, 5.41) is 13.2. The first-order valence-corrected chi connectivity index (χ1v) is 15.8. The second-order valence-corrected chi connectivity index (χ2v) is 11.9. The van der Waals surface area contributed by atoms with Gasteiger partial charge in [-0.25, -0.2) is 0 Å². The molecule has 6 rings (SSSR count). The van der Waals surface area contributed by atoms with Gasteiger partial charge in [-0.3, -0.25) is 14.9 Å². The summed E-state index contributed by atoms with van der Waals surface area (Å²) in [5.41, 5.74) is 1.70. The van der Waals surface area contributed by atoms with Crippen LogP contribution in [-0.4, -0.2) is 56.6 Å². The highest BCUT2D eigenvalue weighted by Gasteiger charge is 2.26. The van der Waals surface area contributed by atoms with Crippen molar-refractivity contribution in [2.75, 3.05) is 39.6 Å². The van der Waals surface area contributed by atoms with Gasteiger partial charge in [0.2, 0.25) is 0 Å². The molecule has 2 amide bonds. The van der Waals surface area contributed by atoms with Gasteiger partial charge in [-0.1, -0.05) is 28.1 Å². The molecule has 0 aliphatic carbocycles. The molecule has 0 bridgehead atoms. The number of nitrogens with one attached hydrogen (secondary N) is 1. The minimum Gasteiger partial charge on any atom is -0.508 e. The number of hydrogen-bond acceptors (Lipinski definition) is 9. The van der Waals surface area contributed by atoms with Crippen LogP contribution >= 0.6 is 27.3 Å². The fraction of sp³-hybridized carbons (Fsp3) is 0.176. The number of aromatic hydroxyl groups is 1. The topological polar surface area (TPSA) is 113 Å². The van der Waals surface area contributed by atoms with E-state index in [4.69, 9.17) is 23.7 Å². The molecule has 2 heterocycles. The summed E-state index contributed by atoms with van der Waals surface area (Å²) in [6, 6.07) is 25.5. The zero-order chi connectivity index (χ0) is 31.2. The molecule has 0 spiro atoms. The number of rotatable bonds is 14. The Balaban J connectivity index is 0.912. The molecule has 1 aliphatic rings. The molecule has 2 N–H and O–H groups in total. The summed E-state index contributed by atoms with van der Waals surface area (Å²) >= 11 is 5.06. The number of amides is 2. The largest absolute Gasteiger partial charge is 0.508 e. The Bertz CT molecular complexity index is 1820. The van der Waals surface area contributed by atoms with Crippen LogP contribution in [0, 0.1) is 0 Å². The lowest BCUT2D eigenvalue weighted by molar-refractivity contribution is 0.0273. The van der Waals surface area contributed by atoms with Gasteiger partial charge in [-0.05, 0) is 78.4 Å². The van der Waals surface area contributed by atoms with Crippen LogP contribution < -0.4 is 19.5 Å². The van der Waals surface area contributed by atoms with Gasteiger partial charge < -0.3 is 28.8 Å². The van der Waals surface area contributed by atoms with Crippen molar-refractivity contribution in [2.24, 2.45) is 0 Å². The van der Waals surface area contributed by atoms with Crippen LogP contribution in [0.25, 0.3) is 20.5 Å². The first-order chi connectivity index (χ1) is 21.9. The van der Waals surface area contributed by atoms with Gasteiger partial charge in [0, 0.05) is 14.6 Å². The molecule has 1 aromatic heterocycles. The normalized spacial score (nSPS) is 12.3. The zero-order valence-corrected chi connectivity index (χ0v) is 26.3. The summed E-state index contributed by atoms with van der Waals surface area (Å²) in [6.45, 7) is 2.24. The lowest BCUT2D eigenvalue weighted by Gasteiger charge is -2.11. The van der Waals surface area contributed by atoms with Crippen LogP contribution in [0.5, 0.6) is 28.7 Å². The van der Waals surface area contributed by atoms with E-state index in [2.05, 4.69) is 21.2 Å². The Morgan fingerprint density at radius 1 is 0.667 bits per heavy atom. The molecule has 0 atom stereocenters. The molecule has 5 aromatic rings. The van der Waals surface area contributed by atoms with Gasteiger partial charge in [0.1, 0.15) is 36.2 Å². The lowest BCUT2D eigenvalue weighted by atomic mass is 10.1. The van der Waals surface area contributed by atoms with Crippen LogP contribution in [0.4, 0.5) is 0 Å². The van der Waals surface area contributed by atoms with Crippen LogP contribution in [0.3, 0.4) is 0 Å². The maximum atomic E-state index is 11.8. The second kappa shape index (κ2) is 14.1. The predicted octanol–water partition coefficient (Wildman–Crippen LogP) is 7.20. The predicted molar refractivity (Wildman–Crippen MR) is 174 cm³/mol. The van der Waals surface area contributed by atoms with Crippen molar-refractivity contribution >= 4 is 49.2 Å². The number of hydrogen-bond donors (Lipinski definition) is 2. The minimum absolute atomic E-state index is 0.214. The van der Waals surface area contributed by atoms with Crippen LogP contribution in [-0.2, 0) is 9.47 Å². The third kappa shape index (κ3) is 7.46. The number of imide groups is 1. The van der Waals surface area contributed by atoms with Crippen molar-refractivity contribution in [3.05, 3.63) is 101 Å². The molecule has 0 fully saturated rings. The number of halogens is 1. The standard InChI is InChI=1S/C34H28BrNO8S/c35-22-3-1-21(2-4-22)32-31(28-11-5-23(37)19-30(28)45-32)44-25-8-6-24(7-9-25)42-17-15-40-13-14-41-16-18-43-26-10-12-27-29(20-26)34(39)36-33(27)38/h1-12,19-20,37H,13-18H2,(H,36,38,39). The molecule has 45 heavy (non-hydrogen) atoms. The average molecular weight is 691 g/mol. The van der Waals surface area contributed by atoms with E-state index in [0.717, 1.165) is 30.7 Å². The fourth-order valence-corrected chi connectivity index (χ4v) is 6.10. The molecule has 0 unspecified atom stereocenters. The molecule has 4 aromatic carbocycles. The highest BCUT2D eigenvalue weighted by Crippen LogP contribution is 2.47. The summed E-state index contributed by atoms with van der Waals surface area (Å²) in [4.78, 5) is 24.4. The minimum atomic E-state index is -0.415. The number of phenolic OH excluding ortho intramolecular Hbond substituents is 1. The second-order valence-electron chi connectivity index (χ2n) is 9.93. The Kier molecular flexibility index (Phi) is 9.61.